The fourth-order valence-corrected chi connectivity index (χ4v) is 3.18. The number of hydrogen-bond donors (Lipinski definition) is 3. The Hall–Kier alpha value is -2.09. The number of thiophene rings is 2. The third kappa shape index (κ3) is 3.56. The molecule has 0 bridgehead atoms. The minimum absolute atomic E-state index is 0.0780. The van der Waals surface area contributed by atoms with Crippen molar-refractivity contribution in [2.45, 2.75) is 6.10 Å². The molecule has 0 aromatic carbocycles. The van der Waals surface area contributed by atoms with Crippen LogP contribution in [0.2, 0.25) is 0 Å². The van der Waals surface area contributed by atoms with E-state index in [1.807, 2.05) is 35.0 Å². The molecule has 3 aromatic rings. The number of furan rings is 1. The number of aliphatic hydroxyl groups is 1. The maximum absolute atomic E-state index is 11.7. The molecule has 0 aliphatic rings. The van der Waals surface area contributed by atoms with E-state index in [9.17, 15) is 9.90 Å². The standard InChI is InChI=1S/C15H14N2O3S2/c18-10(9-16-15(19)17-14-4-2-8-22-14)11-5-6-12(20-11)13-3-1-7-21-13/h1-8,10,18H,9H2,(H2,16,17,19). The number of aliphatic hydroxyl groups excluding tert-OH is 1. The molecule has 1 unspecified atom stereocenters. The van der Waals surface area contributed by atoms with E-state index in [0.717, 1.165) is 9.88 Å². The second-order valence-corrected chi connectivity index (χ2v) is 6.40. The summed E-state index contributed by atoms with van der Waals surface area (Å²) < 4.78 is 5.62. The second-order valence-electron chi connectivity index (χ2n) is 4.51. The minimum atomic E-state index is -0.886. The molecule has 3 N–H and O–H groups in total. The lowest BCUT2D eigenvalue weighted by molar-refractivity contribution is 0.150. The van der Waals surface area contributed by atoms with Crippen LogP contribution in [0.1, 0.15) is 11.9 Å². The average Bonchev–Trinajstić information content (AvgIpc) is 3.23. The summed E-state index contributed by atoms with van der Waals surface area (Å²) in [6.07, 6.45) is -0.886. The fourth-order valence-electron chi connectivity index (χ4n) is 1.88. The van der Waals surface area contributed by atoms with Gasteiger partial charge in [-0.3, -0.25) is 5.32 Å². The molecular formula is C15H14N2O3S2. The molecule has 0 radical (unpaired) electrons. The van der Waals surface area contributed by atoms with Gasteiger partial charge < -0.3 is 14.8 Å². The molecule has 3 aromatic heterocycles. The molecule has 0 saturated heterocycles. The molecule has 0 fully saturated rings. The largest absolute Gasteiger partial charge is 0.457 e. The van der Waals surface area contributed by atoms with Crippen molar-refractivity contribution >= 4 is 33.7 Å². The Morgan fingerprint density at radius 2 is 2.00 bits per heavy atom. The lowest BCUT2D eigenvalue weighted by Gasteiger charge is -2.10. The van der Waals surface area contributed by atoms with Crippen LogP contribution < -0.4 is 10.6 Å². The molecule has 1 atom stereocenters. The Balaban J connectivity index is 1.53. The van der Waals surface area contributed by atoms with Gasteiger partial charge in [0, 0.05) is 0 Å². The van der Waals surface area contributed by atoms with E-state index in [1.165, 1.54) is 11.3 Å². The van der Waals surface area contributed by atoms with Crippen LogP contribution in [0, 0.1) is 0 Å². The first-order chi connectivity index (χ1) is 10.7. The normalized spacial score (nSPS) is 12.0. The van der Waals surface area contributed by atoms with Crippen LogP contribution in [0.4, 0.5) is 9.80 Å². The quantitative estimate of drug-likeness (QED) is 0.662. The molecule has 3 heterocycles. The van der Waals surface area contributed by atoms with Gasteiger partial charge in [0.2, 0.25) is 0 Å². The van der Waals surface area contributed by atoms with E-state index in [-0.39, 0.29) is 12.6 Å². The highest BCUT2D eigenvalue weighted by molar-refractivity contribution is 7.14. The predicted molar refractivity (Wildman–Crippen MR) is 88.3 cm³/mol. The van der Waals surface area contributed by atoms with Crippen LogP contribution in [0.5, 0.6) is 0 Å². The van der Waals surface area contributed by atoms with E-state index in [0.29, 0.717) is 11.5 Å². The van der Waals surface area contributed by atoms with Crippen LogP contribution in [0.3, 0.4) is 0 Å². The highest BCUT2D eigenvalue weighted by Crippen LogP contribution is 2.28. The molecule has 5 nitrogen and oxygen atoms in total. The van der Waals surface area contributed by atoms with E-state index < -0.39 is 6.10 Å². The van der Waals surface area contributed by atoms with Gasteiger partial charge in [0.25, 0.3) is 0 Å². The van der Waals surface area contributed by atoms with E-state index in [2.05, 4.69) is 10.6 Å². The second kappa shape index (κ2) is 6.78. The summed E-state index contributed by atoms with van der Waals surface area (Å²) in [6.45, 7) is 0.0780. The highest BCUT2D eigenvalue weighted by Gasteiger charge is 2.15. The van der Waals surface area contributed by atoms with Crippen molar-refractivity contribution in [3.63, 3.8) is 0 Å². The average molecular weight is 334 g/mol. The number of anilines is 1. The summed E-state index contributed by atoms with van der Waals surface area (Å²) in [5.74, 6) is 1.15. The molecule has 0 spiro atoms. The number of nitrogens with one attached hydrogen (secondary N) is 2. The topological polar surface area (TPSA) is 74.5 Å². The van der Waals surface area contributed by atoms with Gasteiger partial charge in [0.15, 0.2) is 0 Å². The summed E-state index contributed by atoms with van der Waals surface area (Å²) in [7, 11) is 0. The van der Waals surface area contributed by atoms with Gasteiger partial charge in [0.1, 0.15) is 17.6 Å². The van der Waals surface area contributed by atoms with Crippen molar-refractivity contribution < 1.29 is 14.3 Å². The van der Waals surface area contributed by atoms with Crippen LogP contribution in [0.15, 0.2) is 51.6 Å². The van der Waals surface area contributed by atoms with Gasteiger partial charge in [-0.2, -0.15) is 0 Å². The zero-order chi connectivity index (χ0) is 15.4. The van der Waals surface area contributed by atoms with Crippen molar-refractivity contribution in [1.29, 1.82) is 0 Å². The third-order valence-corrected chi connectivity index (χ3v) is 4.60. The van der Waals surface area contributed by atoms with Gasteiger partial charge >= 0.3 is 6.03 Å². The molecule has 7 heteroatoms. The minimum Gasteiger partial charge on any atom is -0.457 e. The summed E-state index contributed by atoms with van der Waals surface area (Å²) in [5.41, 5.74) is 0. The van der Waals surface area contributed by atoms with Gasteiger partial charge in [-0.25, -0.2) is 4.79 Å². The highest BCUT2D eigenvalue weighted by atomic mass is 32.1. The van der Waals surface area contributed by atoms with Crippen molar-refractivity contribution in [3.8, 4) is 10.6 Å². The van der Waals surface area contributed by atoms with Crippen molar-refractivity contribution in [3.05, 3.63) is 52.9 Å². The number of rotatable bonds is 5. The number of hydrogen-bond acceptors (Lipinski definition) is 5. The molecule has 0 saturated carbocycles. The van der Waals surface area contributed by atoms with E-state index in [4.69, 9.17) is 4.42 Å². The van der Waals surface area contributed by atoms with Crippen LogP contribution in [-0.4, -0.2) is 17.7 Å². The van der Waals surface area contributed by atoms with E-state index in [1.54, 1.807) is 23.5 Å². The first-order valence-corrected chi connectivity index (χ1v) is 8.38. The monoisotopic (exact) mass is 334 g/mol. The summed E-state index contributed by atoms with van der Waals surface area (Å²) >= 11 is 3.00. The number of carbonyl (C=O) groups excluding carboxylic acids is 1. The predicted octanol–water partition coefficient (Wildman–Crippen LogP) is 3.92. The Kier molecular flexibility index (Phi) is 4.57. The SMILES string of the molecule is O=C(NCC(O)c1ccc(-c2cccs2)o1)Nc1cccs1. The number of urea groups is 1. The summed E-state index contributed by atoms with van der Waals surface area (Å²) in [4.78, 5) is 12.7. The van der Waals surface area contributed by atoms with Gasteiger partial charge in [-0.15, -0.1) is 22.7 Å². The van der Waals surface area contributed by atoms with Gasteiger partial charge in [0.05, 0.1) is 16.4 Å². The maximum atomic E-state index is 11.7. The Morgan fingerprint density at radius 1 is 1.18 bits per heavy atom. The zero-order valence-corrected chi connectivity index (χ0v) is 13.1. The van der Waals surface area contributed by atoms with Crippen molar-refractivity contribution in [2.24, 2.45) is 0 Å². The smallest absolute Gasteiger partial charge is 0.319 e. The lowest BCUT2D eigenvalue weighted by Crippen LogP contribution is -2.32. The molecule has 0 aliphatic carbocycles. The van der Waals surface area contributed by atoms with Crippen molar-refractivity contribution in [2.75, 3.05) is 11.9 Å². The zero-order valence-electron chi connectivity index (χ0n) is 11.5. The Bertz CT molecular complexity index is 720. The molecule has 114 valence electrons. The van der Waals surface area contributed by atoms with Crippen LogP contribution in [0.25, 0.3) is 10.6 Å². The molecule has 3 rings (SSSR count). The molecule has 2 amide bonds. The first-order valence-electron chi connectivity index (χ1n) is 6.62. The third-order valence-electron chi connectivity index (χ3n) is 2.93. The van der Waals surface area contributed by atoms with E-state index >= 15 is 0 Å². The summed E-state index contributed by atoms with van der Waals surface area (Å²) in [5, 5.41) is 20.0. The van der Waals surface area contributed by atoms with Crippen LogP contribution in [-0.2, 0) is 0 Å². The Labute approximate surface area is 135 Å². The first kappa shape index (κ1) is 14.8. The fraction of sp³-hybridized carbons (Fsp3) is 0.133. The molecule has 22 heavy (non-hydrogen) atoms. The molecule has 0 aliphatic heterocycles. The maximum Gasteiger partial charge on any atom is 0.319 e. The number of carbonyl (C=O) groups is 1. The van der Waals surface area contributed by atoms with Crippen molar-refractivity contribution in [1.82, 2.24) is 5.32 Å². The van der Waals surface area contributed by atoms with Crippen LogP contribution >= 0.6 is 22.7 Å². The lowest BCUT2D eigenvalue weighted by atomic mass is 10.3. The van der Waals surface area contributed by atoms with Gasteiger partial charge in [-0.1, -0.05) is 6.07 Å². The Morgan fingerprint density at radius 3 is 2.73 bits per heavy atom. The summed E-state index contributed by atoms with van der Waals surface area (Å²) in [6, 6.07) is 10.7. The molecular weight excluding hydrogens is 320 g/mol. The van der Waals surface area contributed by atoms with Gasteiger partial charge in [-0.05, 0) is 41.1 Å². The number of amides is 2.